The number of carbonyl (C=O) groups excluding carboxylic acids is 2. The quantitative estimate of drug-likeness (QED) is 0.871. The number of amides is 2. The average molecular weight is 371 g/mol. The van der Waals surface area contributed by atoms with E-state index < -0.39 is 0 Å². The summed E-state index contributed by atoms with van der Waals surface area (Å²) in [6, 6.07) is 12.5. The monoisotopic (exact) mass is 370 g/mol. The van der Waals surface area contributed by atoms with E-state index in [2.05, 4.69) is 19.2 Å². The highest BCUT2D eigenvalue weighted by Gasteiger charge is 2.24. The summed E-state index contributed by atoms with van der Waals surface area (Å²) in [6.45, 7) is 5.45. The summed E-state index contributed by atoms with van der Waals surface area (Å²) in [6.07, 6.45) is 1.74. The lowest BCUT2D eigenvalue weighted by Crippen LogP contribution is -2.35. The molecule has 0 aliphatic carbocycles. The summed E-state index contributed by atoms with van der Waals surface area (Å²) >= 11 is 5.91. The molecule has 2 aromatic carbocycles. The van der Waals surface area contributed by atoms with Crippen molar-refractivity contribution in [3.63, 3.8) is 0 Å². The lowest BCUT2D eigenvalue weighted by Gasteiger charge is -2.30. The number of hydrogen-bond acceptors (Lipinski definition) is 2. The van der Waals surface area contributed by atoms with Gasteiger partial charge in [-0.1, -0.05) is 25.4 Å². The molecule has 0 bridgehead atoms. The third kappa shape index (κ3) is 4.07. The summed E-state index contributed by atoms with van der Waals surface area (Å²) in [5.41, 5.74) is 3.18. The van der Waals surface area contributed by atoms with Crippen molar-refractivity contribution in [3.8, 4) is 0 Å². The zero-order valence-corrected chi connectivity index (χ0v) is 15.8. The number of halogens is 1. The van der Waals surface area contributed by atoms with Gasteiger partial charge < -0.3 is 10.2 Å². The number of fused-ring (bicyclic) bond motifs is 1. The van der Waals surface area contributed by atoms with E-state index in [1.165, 1.54) is 0 Å². The maximum atomic E-state index is 12.9. The molecule has 3 rings (SSSR count). The highest BCUT2D eigenvalue weighted by molar-refractivity contribution is 6.30. The van der Waals surface area contributed by atoms with Crippen LogP contribution in [0.4, 0.5) is 5.69 Å². The molecule has 5 heteroatoms. The molecule has 2 aromatic rings. The molecule has 136 valence electrons. The minimum Gasteiger partial charge on any atom is -0.352 e. The van der Waals surface area contributed by atoms with Crippen molar-refractivity contribution < 1.29 is 9.59 Å². The van der Waals surface area contributed by atoms with Gasteiger partial charge in [0.15, 0.2) is 0 Å². The molecule has 0 radical (unpaired) electrons. The Morgan fingerprint density at radius 3 is 2.50 bits per heavy atom. The van der Waals surface area contributed by atoms with E-state index in [1.54, 1.807) is 35.2 Å². The molecule has 0 spiro atoms. The molecule has 0 atom stereocenters. The van der Waals surface area contributed by atoms with Gasteiger partial charge in [-0.05, 0) is 66.8 Å². The molecular weight excluding hydrogens is 348 g/mol. The zero-order chi connectivity index (χ0) is 18.7. The highest BCUT2D eigenvalue weighted by Crippen LogP contribution is 2.29. The summed E-state index contributed by atoms with van der Waals surface area (Å²) in [7, 11) is 0. The van der Waals surface area contributed by atoms with Gasteiger partial charge in [-0.25, -0.2) is 0 Å². The van der Waals surface area contributed by atoms with Crippen molar-refractivity contribution in [1.29, 1.82) is 0 Å². The average Bonchev–Trinajstić information content (AvgIpc) is 2.65. The number of benzene rings is 2. The number of hydrogen-bond donors (Lipinski definition) is 1. The van der Waals surface area contributed by atoms with Crippen LogP contribution in [-0.2, 0) is 6.42 Å². The Morgan fingerprint density at radius 1 is 1.12 bits per heavy atom. The lowest BCUT2D eigenvalue weighted by atomic mass is 9.98. The van der Waals surface area contributed by atoms with Crippen molar-refractivity contribution in [2.75, 3.05) is 18.0 Å². The minimum absolute atomic E-state index is 0.0420. The maximum absolute atomic E-state index is 12.9. The normalized spacial score (nSPS) is 13.5. The van der Waals surface area contributed by atoms with Gasteiger partial charge in [0.2, 0.25) is 0 Å². The third-order valence-electron chi connectivity index (χ3n) is 4.47. The van der Waals surface area contributed by atoms with Gasteiger partial charge in [-0.15, -0.1) is 0 Å². The molecule has 0 fully saturated rings. The minimum atomic E-state index is -0.0670. The fraction of sp³-hybridized carbons (Fsp3) is 0.333. The summed E-state index contributed by atoms with van der Waals surface area (Å²) in [5, 5.41) is 3.55. The smallest absolute Gasteiger partial charge is 0.258 e. The topological polar surface area (TPSA) is 49.4 Å². The van der Waals surface area contributed by atoms with Gasteiger partial charge in [-0.2, -0.15) is 0 Å². The first-order chi connectivity index (χ1) is 12.5. The van der Waals surface area contributed by atoms with Crippen LogP contribution in [0.2, 0.25) is 5.02 Å². The van der Waals surface area contributed by atoms with Gasteiger partial charge in [0.05, 0.1) is 0 Å². The lowest BCUT2D eigenvalue weighted by molar-refractivity contribution is 0.0948. The Morgan fingerprint density at radius 2 is 1.81 bits per heavy atom. The molecule has 0 aromatic heterocycles. The van der Waals surface area contributed by atoms with E-state index in [1.807, 2.05) is 12.1 Å². The second kappa shape index (κ2) is 7.92. The van der Waals surface area contributed by atoms with Crippen molar-refractivity contribution in [2.45, 2.75) is 26.7 Å². The maximum Gasteiger partial charge on any atom is 0.258 e. The van der Waals surface area contributed by atoms with Gasteiger partial charge in [0, 0.05) is 34.9 Å². The molecule has 0 unspecified atom stereocenters. The van der Waals surface area contributed by atoms with Crippen LogP contribution >= 0.6 is 11.6 Å². The number of rotatable bonds is 4. The van der Waals surface area contributed by atoms with E-state index in [-0.39, 0.29) is 11.8 Å². The first-order valence-corrected chi connectivity index (χ1v) is 9.32. The van der Waals surface area contributed by atoms with E-state index in [4.69, 9.17) is 11.6 Å². The molecule has 1 N–H and O–H groups in total. The van der Waals surface area contributed by atoms with Crippen LogP contribution in [0.5, 0.6) is 0 Å². The first-order valence-electron chi connectivity index (χ1n) is 8.94. The fourth-order valence-corrected chi connectivity index (χ4v) is 3.22. The SMILES string of the molecule is CC(C)CNC(=O)c1ccc2c(c1)CCCN2C(=O)c1ccc(Cl)cc1. The second-order valence-electron chi connectivity index (χ2n) is 7.01. The molecule has 1 heterocycles. The van der Waals surface area contributed by atoms with Crippen LogP contribution in [-0.4, -0.2) is 24.9 Å². The van der Waals surface area contributed by atoms with Crippen LogP contribution in [0.25, 0.3) is 0 Å². The fourth-order valence-electron chi connectivity index (χ4n) is 3.10. The Balaban J connectivity index is 1.83. The van der Waals surface area contributed by atoms with Crippen LogP contribution in [0, 0.1) is 5.92 Å². The summed E-state index contributed by atoms with van der Waals surface area (Å²) in [5.74, 6) is 0.298. The standard InChI is InChI=1S/C21H23ClN2O2/c1-14(2)13-23-20(25)17-7-10-19-16(12-17)4-3-11-24(19)21(26)15-5-8-18(22)9-6-15/h5-10,12,14H,3-4,11,13H2,1-2H3,(H,23,25). The number of nitrogens with one attached hydrogen (secondary N) is 1. The van der Waals surface area contributed by atoms with Crippen LogP contribution in [0.3, 0.4) is 0 Å². The number of anilines is 1. The largest absolute Gasteiger partial charge is 0.352 e. The Bertz CT molecular complexity index is 815. The van der Waals surface area contributed by atoms with E-state index in [0.29, 0.717) is 35.2 Å². The van der Waals surface area contributed by atoms with Gasteiger partial charge in [0.1, 0.15) is 0 Å². The third-order valence-corrected chi connectivity index (χ3v) is 4.72. The van der Waals surface area contributed by atoms with E-state index in [0.717, 1.165) is 24.1 Å². The zero-order valence-electron chi connectivity index (χ0n) is 15.1. The van der Waals surface area contributed by atoms with E-state index >= 15 is 0 Å². The van der Waals surface area contributed by atoms with Crippen LogP contribution in [0.15, 0.2) is 42.5 Å². The predicted octanol–water partition coefficient (Wildman–Crippen LogP) is 4.32. The van der Waals surface area contributed by atoms with Crippen LogP contribution < -0.4 is 10.2 Å². The molecule has 0 saturated carbocycles. The molecule has 2 amide bonds. The molecule has 1 aliphatic heterocycles. The number of nitrogens with zero attached hydrogens (tertiary/aromatic N) is 1. The number of carbonyl (C=O) groups is 2. The number of aryl methyl sites for hydroxylation is 1. The highest BCUT2D eigenvalue weighted by atomic mass is 35.5. The van der Waals surface area contributed by atoms with Crippen molar-refractivity contribution >= 4 is 29.1 Å². The second-order valence-corrected chi connectivity index (χ2v) is 7.45. The van der Waals surface area contributed by atoms with E-state index in [9.17, 15) is 9.59 Å². The van der Waals surface area contributed by atoms with Gasteiger partial charge in [0.25, 0.3) is 11.8 Å². The summed E-state index contributed by atoms with van der Waals surface area (Å²) in [4.78, 5) is 27.0. The molecule has 4 nitrogen and oxygen atoms in total. The van der Waals surface area contributed by atoms with Gasteiger partial charge in [-0.3, -0.25) is 9.59 Å². The first kappa shape index (κ1) is 18.5. The Hall–Kier alpha value is -2.33. The van der Waals surface area contributed by atoms with Crippen molar-refractivity contribution in [1.82, 2.24) is 5.32 Å². The van der Waals surface area contributed by atoms with Crippen LogP contribution in [0.1, 0.15) is 46.5 Å². The Labute approximate surface area is 159 Å². The summed E-state index contributed by atoms with van der Waals surface area (Å²) < 4.78 is 0. The Kier molecular flexibility index (Phi) is 5.62. The van der Waals surface area contributed by atoms with Gasteiger partial charge >= 0.3 is 0 Å². The predicted molar refractivity (Wildman–Crippen MR) is 105 cm³/mol. The molecular formula is C21H23ClN2O2. The molecule has 26 heavy (non-hydrogen) atoms. The molecule has 0 saturated heterocycles. The van der Waals surface area contributed by atoms with Crippen molar-refractivity contribution in [3.05, 3.63) is 64.2 Å². The van der Waals surface area contributed by atoms with Crippen molar-refractivity contribution in [2.24, 2.45) is 5.92 Å². The molecule has 1 aliphatic rings.